The monoisotopic (exact) mass is 402 g/mol. The molecule has 150 valence electrons. The molecule has 1 N–H and O–H groups in total. The third kappa shape index (κ3) is 4.62. The number of aromatic nitrogens is 3. The Hall–Kier alpha value is -3.20. The number of nitrogens with zero attached hydrogens (tertiary/aromatic N) is 3. The molecule has 0 saturated carbocycles. The van der Waals surface area contributed by atoms with Crippen molar-refractivity contribution in [2.24, 2.45) is 0 Å². The second-order valence-electron chi connectivity index (χ2n) is 6.74. The maximum absolute atomic E-state index is 12.6. The summed E-state index contributed by atoms with van der Waals surface area (Å²) in [7, 11) is 0. The van der Waals surface area contributed by atoms with Crippen molar-refractivity contribution < 1.29 is 17.9 Å². The molecule has 9 heteroatoms. The van der Waals surface area contributed by atoms with Crippen LogP contribution < -0.4 is 10.3 Å². The Morgan fingerprint density at radius 2 is 2.07 bits per heavy atom. The summed E-state index contributed by atoms with van der Waals surface area (Å²) in [5.41, 5.74) is 2.50. The van der Waals surface area contributed by atoms with E-state index in [0.29, 0.717) is 43.0 Å². The Balaban J connectivity index is 1.51. The molecule has 0 fully saturated rings. The highest BCUT2D eigenvalue weighted by Gasteiger charge is 2.31. The first-order valence-corrected chi connectivity index (χ1v) is 8.97. The number of hydrogen-bond donors (Lipinski definition) is 1. The molecule has 6 nitrogen and oxygen atoms in total. The van der Waals surface area contributed by atoms with E-state index in [2.05, 4.69) is 19.7 Å². The molecule has 0 bridgehead atoms. The molecule has 1 aliphatic rings. The largest absolute Gasteiger partial charge is 0.573 e. The number of pyridine rings is 1. The van der Waals surface area contributed by atoms with Crippen LogP contribution in [0.3, 0.4) is 0 Å². The van der Waals surface area contributed by atoms with Crippen molar-refractivity contribution in [3.63, 3.8) is 0 Å². The Kier molecular flexibility index (Phi) is 5.06. The van der Waals surface area contributed by atoms with E-state index in [-0.39, 0.29) is 11.3 Å². The summed E-state index contributed by atoms with van der Waals surface area (Å²) in [6, 6.07) is 9.46. The number of nitrogens with one attached hydrogen (secondary N) is 1. The average Bonchev–Trinajstić information content (AvgIpc) is 2.68. The number of alkyl halides is 3. The second kappa shape index (κ2) is 7.67. The lowest BCUT2D eigenvalue weighted by molar-refractivity contribution is -0.274. The molecule has 0 saturated heterocycles. The number of ether oxygens (including phenoxy) is 1. The molecule has 3 aromatic rings. The maximum Gasteiger partial charge on any atom is 0.573 e. The van der Waals surface area contributed by atoms with Crippen molar-refractivity contribution in [2.45, 2.75) is 25.9 Å². The Labute approximate surface area is 164 Å². The van der Waals surface area contributed by atoms with Gasteiger partial charge in [-0.2, -0.15) is 0 Å². The van der Waals surface area contributed by atoms with Gasteiger partial charge < -0.3 is 9.72 Å². The van der Waals surface area contributed by atoms with Crippen molar-refractivity contribution in [3.8, 4) is 17.1 Å². The number of H-pyrrole nitrogens is 1. The third-order valence-corrected chi connectivity index (χ3v) is 4.62. The third-order valence-electron chi connectivity index (χ3n) is 4.62. The molecule has 0 aliphatic carbocycles. The average molecular weight is 402 g/mol. The van der Waals surface area contributed by atoms with E-state index in [9.17, 15) is 18.0 Å². The van der Waals surface area contributed by atoms with Crippen LogP contribution in [-0.4, -0.2) is 32.8 Å². The van der Waals surface area contributed by atoms with E-state index in [0.717, 1.165) is 11.3 Å². The maximum atomic E-state index is 12.6. The van der Waals surface area contributed by atoms with Crippen LogP contribution in [0.25, 0.3) is 11.4 Å². The van der Waals surface area contributed by atoms with Crippen molar-refractivity contribution in [1.29, 1.82) is 0 Å². The highest BCUT2D eigenvalue weighted by Crippen LogP contribution is 2.25. The predicted molar refractivity (Wildman–Crippen MR) is 99.0 cm³/mol. The van der Waals surface area contributed by atoms with Gasteiger partial charge in [0.25, 0.3) is 5.56 Å². The molecule has 3 heterocycles. The molecular weight excluding hydrogens is 385 g/mol. The fourth-order valence-corrected chi connectivity index (χ4v) is 3.35. The van der Waals surface area contributed by atoms with Gasteiger partial charge in [0.05, 0.1) is 11.3 Å². The lowest BCUT2D eigenvalue weighted by atomic mass is 10.1. The Morgan fingerprint density at radius 3 is 2.83 bits per heavy atom. The van der Waals surface area contributed by atoms with Gasteiger partial charge in [-0.05, 0) is 29.8 Å². The molecule has 0 amide bonds. The van der Waals surface area contributed by atoms with Gasteiger partial charge >= 0.3 is 6.36 Å². The number of rotatable bonds is 4. The molecule has 0 unspecified atom stereocenters. The molecule has 2 aromatic heterocycles. The van der Waals surface area contributed by atoms with E-state index in [1.54, 1.807) is 24.5 Å². The summed E-state index contributed by atoms with van der Waals surface area (Å²) >= 11 is 0. The van der Waals surface area contributed by atoms with Crippen LogP contribution in [0, 0.1) is 0 Å². The molecule has 0 atom stereocenters. The highest BCUT2D eigenvalue weighted by atomic mass is 19.4. The zero-order valence-corrected chi connectivity index (χ0v) is 15.2. The molecule has 1 aliphatic heterocycles. The van der Waals surface area contributed by atoms with Crippen LogP contribution in [0.5, 0.6) is 5.75 Å². The SMILES string of the molecule is O=c1[nH]c(-c2cccnc2)nc2c1CN(Cc1cccc(OC(F)(F)F)c1)CC2. The number of fused-ring (bicyclic) bond motifs is 1. The summed E-state index contributed by atoms with van der Waals surface area (Å²) < 4.78 is 41.2. The minimum atomic E-state index is -4.73. The van der Waals surface area contributed by atoms with E-state index in [1.165, 1.54) is 18.2 Å². The van der Waals surface area contributed by atoms with Crippen molar-refractivity contribution in [3.05, 3.63) is 76.0 Å². The lowest BCUT2D eigenvalue weighted by Gasteiger charge is -2.27. The molecule has 0 spiro atoms. The van der Waals surface area contributed by atoms with Gasteiger partial charge in [0.2, 0.25) is 0 Å². The first-order valence-electron chi connectivity index (χ1n) is 8.97. The molecule has 4 rings (SSSR count). The first kappa shape index (κ1) is 19.1. The van der Waals surface area contributed by atoms with Crippen LogP contribution in [0.1, 0.15) is 16.8 Å². The summed E-state index contributed by atoms with van der Waals surface area (Å²) in [5, 5.41) is 0. The van der Waals surface area contributed by atoms with Crippen molar-refractivity contribution in [2.75, 3.05) is 6.54 Å². The van der Waals surface area contributed by atoms with Gasteiger partial charge in [-0.15, -0.1) is 13.2 Å². The van der Waals surface area contributed by atoms with Gasteiger partial charge in [0.15, 0.2) is 0 Å². The molecule has 1 aromatic carbocycles. The lowest BCUT2D eigenvalue weighted by Crippen LogP contribution is -2.35. The van der Waals surface area contributed by atoms with Crippen LogP contribution in [0.15, 0.2) is 53.6 Å². The molecule has 29 heavy (non-hydrogen) atoms. The van der Waals surface area contributed by atoms with Gasteiger partial charge in [0.1, 0.15) is 11.6 Å². The summed E-state index contributed by atoms with van der Waals surface area (Å²) in [6.45, 7) is 1.41. The number of hydrogen-bond acceptors (Lipinski definition) is 5. The smallest absolute Gasteiger partial charge is 0.406 e. The van der Waals surface area contributed by atoms with E-state index >= 15 is 0 Å². The minimum absolute atomic E-state index is 0.215. The second-order valence-corrected chi connectivity index (χ2v) is 6.74. The van der Waals surface area contributed by atoms with E-state index in [4.69, 9.17) is 0 Å². The summed E-state index contributed by atoms with van der Waals surface area (Å²) in [6.07, 6.45) is -0.874. The van der Waals surface area contributed by atoms with Crippen LogP contribution >= 0.6 is 0 Å². The van der Waals surface area contributed by atoms with Crippen molar-refractivity contribution in [1.82, 2.24) is 19.9 Å². The highest BCUT2D eigenvalue weighted by molar-refractivity contribution is 5.53. The minimum Gasteiger partial charge on any atom is -0.406 e. The van der Waals surface area contributed by atoms with E-state index in [1.807, 2.05) is 11.0 Å². The Bertz CT molecular complexity index is 1070. The van der Waals surface area contributed by atoms with Crippen LogP contribution in [0.4, 0.5) is 13.2 Å². The van der Waals surface area contributed by atoms with Crippen molar-refractivity contribution >= 4 is 0 Å². The number of aromatic amines is 1. The number of halogens is 3. The van der Waals surface area contributed by atoms with Gasteiger partial charge in [0, 0.05) is 44.0 Å². The van der Waals surface area contributed by atoms with Gasteiger partial charge in [-0.3, -0.25) is 14.7 Å². The van der Waals surface area contributed by atoms with Gasteiger partial charge in [-0.1, -0.05) is 12.1 Å². The first-order chi connectivity index (χ1) is 13.9. The predicted octanol–water partition coefficient (Wildman–Crippen LogP) is 3.29. The standard InChI is InChI=1S/C20H17F3N4O2/c21-20(22,23)29-15-5-1-3-13(9-15)11-27-8-6-17-16(12-27)19(28)26-18(25-17)14-4-2-7-24-10-14/h1-5,7,9-10H,6,8,11-12H2,(H,25,26,28). The van der Waals surface area contributed by atoms with Crippen LogP contribution in [0.2, 0.25) is 0 Å². The zero-order valence-electron chi connectivity index (χ0n) is 15.2. The van der Waals surface area contributed by atoms with E-state index < -0.39 is 6.36 Å². The normalized spacial score (nSPS) is 14.4. The topological polar surface area (TPSA) is 71.1 Å². The quantitative estimate of drug-likeness (QED) is 0.725. The summed E-state index contributed by atoms with van der Waals surface area (Å²) in [4.78, 5) is 26.0. The molecule has 0 radical (unpaired) electrons. The van der Waals surface area contributed by atoms with Gasteiger partial charge in [-0.25, -0.2) is 4.98 Å². The fraction of sp³-hybridized carbons (Fsp3) is 0.250. The zero-order chi connectivity index (χ0) is 20.4. The summed E-state index contributed by atoms with van der Waals surface area (Å²) in [5.74, 6) is 0.223. The number of benzene rings is 1. The Morgan fingerprint density at radius 1 is 1.21 bits per heavy atom. The fourth-order valence-electron chi connectivity index (χ4n) is 3.35. The molecular formula is C20H17F3N4O2. The van der Waals surface area contributed by atoms with Crippen LogP contribution in [-0.2, 0) is 19.5 Å².